The van der Waals surface area contributed by atoms with Crippen molar-refractivity contribution < 1.29 is 13.2 Å². The van der Waals surface area contributed by atoms with Crippen LogP contribution in [-0.4, -0.2) is 58.0 Å². The Balaban J connectivity index is 1.69. The first-order chi connectivity index (χ1) is 8.53. The summed E-state index contributed by atoms with van der Waals surface area (Å²) in [6, 6.07) is 0.114. The summed E-state index contributed by atoms with van der Waals surface area (Å²) in [6.07, 6.45) is 7.06. The highest BCUT2D eigenvalue weighted by Gasteiger charge is 2.24. The summed E-state index contributed by atoms with van der Waals surface area (Å²) in [5.74, 6) is 0. The number of sulfonamides is 1. The lowest BCUT2D eigenvalue weighted by Crippen LogP contribution is -2.46. The molecule has 0 bridgehead atoms. The summed E-state index contributed by atoms with van der Waals surface area (Å²) >= 11 is 0. The standard InChI is InChI=1S/C12H24N2O3S/c1-18(15,16)13-11-5-7-14(8-6-11)10-12-4-2-3-9-17-12/h11-13H,2-10H2,1H3. The van der Waals surface area contributed by atoms with E-state index in [1.54, 1.807) is 0 Å². The van der Waals surface area contributed by atoms with Crippen molar-refractivity contribution >= 4 is 10.0 Å². The van der Waals surface area contributed by atoms with Crippen molar-refractivity contribution in [1.29, 1.82) is 0 Å². The van der Waals surface area contributed by atoms with Gasteiger partial charge in [0.1, 0.15) is 0 Å². The van der Waals surface area contributed by atoms with E-state index in [4.69, 9.17) is 4.74 Å². The summed E-state index contributed by atoms with van der Waals surface area (Å²) < 4.78 is 30.7. The third-order valence-electron chi connectivity index (χ3n) is 3.70. The molecular weight excluding hydrogens is 252 g/mol. The lowest BCUT2D eigenvalue weighted by molar-refractivity contribution is -0.00963. The Hall–Kier alpha value is -0.170. The topological polar surface area (TPSA) is 58.6 Å². The lowest BCUT2D eigenvalue weighted by atomic mass is 10.0. The van der Waals surface area contributed by atoms with Gasteiger partial charge in [-0.1, -0.05) is 0 Å². The Kier molecular flexibility index (Phi) is 5.00. The second-order valence-corrected chi connectivity index (χ2v) is 7.23. The normalized spacial score (nSPS) is 28.4. The van der Waals surface area contributed by atoms with Gasteiger partial charge in [-0.3, -0.25) is 0 Å². The fraction of sp³-hybridized carbons (Fsp3) is 1.00. The van der Waals surface area contributed by atoms with E-state index in [1.807, 2.05) is 0 Å². The van der Waals surface area contributed by atoms with E-state index < -0.39 is 10.0 Å². The van der Waals surface area contributed by atoms with Gasteiger partial charge < -0.3 is 9.64 Å². The molecule has 1 unspecified atom stereocenters. The van der Waals surface area contributed by atoms with Crippen LogP contribution in [-0.2, 0) is 14.8 Å². The van der Waals surface area contributed by atoms with Gasteiger partial charge in [-0.05, 0) is 45.2 Å². The van der Waals surface area contributed by atoms with Gasteiger partial charge in [-0.15, -0.1) is 0 Å². The Labute approximate surface area is 110 Å². The van der Waals surface area contributed by atoms with Crippen LogP contribution in [0.2, 0.25) is 0 Å². The highest BCUT2D eigenvalue weighted by atomic mass is 32.2. The maximum absolute atomic E-state index is 11.2. The molecule has 6 heteroatoms. The maximum Gasteiger partial charge on any atom is 0.208 e. The average Bonchev–Trinajstić information content (AvgIpc) is 2.31. The molecule has 2 heterocycles. The first kappa shape index (κ1) is 14.2. The van der Waals surface area contributed by atoms with Crippen LogP contribution in [0.15, 0.2) is 0 Å². The number of ether oxygens (including phenoxy) is 1. The number of rotatable bonds is 4. The summed E-state index contributed by atoms with van der Waals surface area (Å²) in [4.78, 5) is 2.40. The van der Waals surface area contributed by atoms with E-state index in [-0.39, 0.29) is 6.04 Å². The Morgan fingerprint density at radius 1 is 1.22 bits per heavy atom. The molecule has 0 amide bonds. The predicted molar refractivity (Wildman–Crippen MR) is 71.0 cm³/mol. The first-order valence-corrected chi connectivity index (χ1v) is 8.73. The van der Waals surface area contributed by atoms with Crippen LogP contribution in [0, 0.1) is 0 Å². The molecule has 0 spiro atoms. The molecule has 2 aliphatic rings. The molecule has 0 radical (unpaired) electrons. The number of nitrogens with zero attached hydrogens (tertiary/aromatic N) is 1. The molecule has 18 heavy (non-hydrogen) atoms. The minimum absolute atomic E-state index is 0.114. The van der Waals surface area contributed by atoms with Gasteiger partial charge in [0, 0.05) is 19.2 Å². The van der Waals surface area contributed by atoms with Gasteiger partial charge in [0.05, 0.1) is 12.4 Å². The van der Waals surface area contributed by atoms with Gasteiger partial charge in [0.2, 0.25) is 10.0 Å². The summed E-state index contributed by atoms with van der Waals surface area (Å²) in [5.41, 5.74) is 0. The smallest absolute Gasteiger partial charge is 0.208 e. The van der Waals surface area contributed by atoms with Gasteiger partial charge >= 0.3 is 0 Å². The number of piperidine rings is 1. The number of likely N-dealkylation sites (tertiary alicyclic amines) is 1. The molecule has 2 rings (SSSR count). The SMILES string of the molecule is CS(=O)(=O)NC1CCN(CC2CCCCO2)CC1. The van der Waals surface area contributed by atoms with Crippen LogP contribution in [0.25, 0.3) is 0 Å². The van der Waals surface area contributed by atoms with E-state index >= 15 is 0 Å². The fourth-order valence-corrected chi connectivity index (χ4v) is 3.62. The van der Waals surface area contributed by atoms with Gasteiger partial charge in [-0.2, -0.15) is 0 Å². The molecule has 0 aromatic rings. The Morgan fingerprint density at radius 2 is 1.94 bits per heavy atom. The van der Waals surface area contributed by atoms with Crippen LogP contribution >= 0.6 is 0 Å². The van der Waals surface area contributed by atoms with Crippen molar-refractivity contribution in [3.63, 3.8) is 0 Å². The first-order valence-electron chi connectivity index (χ1n) is 6.84. The molecule has 0 aromatic heterocycles. The summed E-state index contributed by atoms with van der Waals surface area (Å²) in [7, 11) is -3.06. The minimum atomic E-state index is -3.06. The highest BCUT2D eigenvalue weighted by molar-refractivity contribution is 7.88. The van der Waals surface area contributed by atoms with Crippen LogP contribution in [0.5, 0.6) is 0 Å². The number of hydrogen-bond donors (Lipinski definition) is 1. The van der Waals surface area contributed by atoms with Crippen LogP contribution in [0.3, 0.4) is 0 Å². The van der Waals surface area contributed by atoms with E-state index in [0.717, 1.165) is 39.1 Å². The van der Waals surface area contributed by atoms with Gasteiger partial charge in [0.15, 0.2) is 0 Å². The zero-order valence-corrected chi connectivity index (χ0v) is 11.9. The van der Waals surface area contributed by atoms with E-state index in [9.17, 15) is 8.42 Å². The van der Waals surface area contributed by atoms with Crippen molar-refractivity contribution in [1.82, 2.24) is 9.62 Å². The van der Waals surface area contributed by atoms with Crippen molar-refractivity contribution in [3.8, 4) is 0 Å². The fourth-order valence-electron chi connectivity index (χ4n) is 2.78. The lowest BCUT2D eigenvalue weighted by Gasteiger charge is -2.35. The summed E-state index contributed by atoms with van der Waals surface area (Å²) in [5, 5.41) is 0. The molecule has 0 saturated carbocycles. The zero-order chi connectivity index (χ0) is 13.0. The number of hydrogen-bond acceptors (Lipinski definition) is 4. The van der Waals surface area contributed by atoms with E-state index in [1.165, 1.54) is 25.5 Å². The predicted octanol–water partition coefficient (Wildman–Crippen LogP) is 0.569. The molecule has 5 nitrogen and oxygen atoms in total. The van der Waals surface area contributed by atoms with Crippen molar-refractivity contribution in [2.45, 2.75) is 44.2 Å². The Bertz CT molecular complexity index is 344. The number of nitrogens with one attached hydrogen (secondary N) is 1. The second kappa shape index (κ2) is 6.32. The largest absolute Gasteiger partial charge is 0.377 e. The average molecular weight is 276 g/mol. The van der Waals surface area contributed by atoms with Crippen molar-refractivity contribution in [3.05, 3.63) is 0 Å². The Morgan fingerprint density at radius 3 is 2.50 bits per heavy atom. The molecular formula is C12H24N2O3S. The van der Waals surface area contributed by atoms with Crippen LogP contribution in [0.1, 0.15) is 32.1 Å². The molecule has 1 atom stereocenters. The van der Waals surface area contributed by atoms with E-state index in [2.05, 4.69) is 9.62 Å². The highest BCUT2D eigenvalue weighted by Crippen LogP contribution is 2.17. The molecule has 2 saturated heterocycles. The van der Waals surface area contributed by atoms with Gasteiger partial charge in [-0.25, -0.2) is 13.1 Å². The second-order valence-electron chi connectivity index (χ2n) is 5.45. The third kappa shape index (κ3) is 4.84. The molecule has 1 N–H and O–H groups in total. The quantitative estimate of drug-likeness (QED) is 0.815. The molecule has 2 fully saturated rings. The van der Waals surface area contributed by atoms with Crippen molar-refractivity contribution in [2.75, 3.05) is 32.5 Å². The van der Waals surface area contributed by atoms with Gasteiger partial charge in [0.25, 0.3) is 0 Å². The van der Waals surface area contributed by atoms with Crippen molar-refractivity contribution in [2.24, 2.45) is 0 Å². The third-order valence-corrected chi connectivity index (χ3v) is 4.47. The molecule has 106 valence electrons. The maximum atomic E-state index is 11.2. The molecule has 0 aliphatic carbocycles. The molecule has 0 aromatic carbocycles. The minimum Gasteiger partial charge on any atom is -0.377 e. The monoisotopic (exact) mass is 276 g/mol. The summed E-state index contributed by atoms with van der Waals surface area (Å²) in [6.45, 7) is 3.84. The van der Waals surface area contributed by atoms with E-state index in [0.29, 0.717) is 6.10 Å². The zero-order valence-electron chi connectivity index (χ0n) is 11.1. The van der Waals surface area contributed by atoms with Crippen LogP contribution < -0.4 is 4.72 Å². The van der Waals surface area contributed by atoms with Crippen LogP contribution in [0.4, 0.5) is 0 Å². The molecule has 2 aliphatic heterocycles.